The van der Waals surface area contributed by atoms with Crippen molar-refractivity contribution in [2.24, 2.45) is 11.8 Å². The Morgan fingerprint density at radius 1 is 1.28 bits per heavy atom. The Morgan fingerprint density at radius 3 is 2.72 bits per heavy atom. The Bertz CT molecular complexity index is 425. The summed E-state index contributed by atoms with van der Waals surface area (Å²) >= 11 is 6.26. The van der Waals surface area contributed by atoms with Crippen LogP contribution in [-0.4, -0.2) is 19.2 Å². The molecule has 1 aromatic carbocycles. The zero-order chi connectivity index (χ0) is 12.5. The van der Waals surface area contributed by atoms with Gasteiger partial charge in [-0.2, -0.15) is 0 Å². The minimum absolute atomic E-state index is 0.347. The van der Waals surface area contributed by atoms with Crippen LogP contribution in [0.3, 0.4) is 0 Å². The second-order valence-corrected chi connectivity index (χ2v) is 6.01. The lowest BCUT2D eigenvalue weighted by atomic mass is 9.97. The molecule has 0 radical (unpaired) electrons. The first kappa shape index (κ1) is 12.3. The van der Waals surface area contributed by atoms with Crippen molar-refractivity contribution in [3.05, 3.63) is 28.8 Å². The summed E-state index contributed by atoms with van der Waals surface area (Å²) in [5, 5.41) is 4.17. The number of aryl methyl sites for hydroxylation is 1. The molecule has 98 valence electrons. The third-order valence-electron chi connectivity index (χ3n) is 4.00. The molecule has 2 aliphatic rings. The number of ether oxygens (including phenoxy) is 1. The predicted octanol–water partition coefficient (Wildman–Crippen LogP) is 3.42. The second-order valence-electron chi connectivity index (χ2n) is 5.61. The summed E-state index contributed by atoms with van der Waals surface area (Å²) < 4.78 is 6.24. The van der Waals surface area contributed by atoms with Crippen molar-refractivity contribution >= 4 is 11.6 Å². The standard InChI is InChI=1S/C15H20ClNO/c1-10-2-5-14(13(16)8-10)18-15(11-3-4-11)12-6-7-17-9-12/h2,5,8,11-12,15,17H,3-4,6-7,9H2,1H3/t12-,15?/m0/s1. The maximum atomic E-state index is 6.26. The number of nitrogens with one attached hydrogen (secondary N) is 1. The van der Waals surface area contributed by atoms with Crippen molar-refractivity contribution in [1.29, 1.82) is 0 Å². The highest BCUT2D eigenvalue weighted by atomic mass is 35.5. The van der Waals surface area contributed by atoms with E-state index in [2.05, 4.69) is 18.3 Å². The van der Waals surface area contributed by atoms with Gasteiger partial charge in [-0.1, -0.05) is 17.7 Å². The Hall–Kier alpha value is -0.730. The molecule has 1 saturated carbocycles. The van der Waals surface area contributed by atoms with Crippen molar-refractivity contribution in [3.8, 4) is 5.75 Å². The number of benzene rings is 1. The van der Waals surface area contributed by atoms with E-state index in [4.69, 9.17) is 16.3 Å². The highest BCUT2D eigenvalue weighted by molar-refractivity contribution is 6.32. The van der Waals surface area contributed by atoms with Gasteiger partial charge in [0, 0.05) is 12.5 Å². The molecule has 1 unspecified atom stereocenters. The summed E-state index contributed by atoms with van der Waals surface area (Å²) in [6.07, 6.45) is 4.19. The molecule has 1 aromatic rings. The van der Waals surface area contributed by atoms with Crippen molar-refractivity contribution in [2.45, 2.75) is 32.3 Å². The first-order chi connectivity index (χ1) is 8.74. The van der Waals surface area contributed by atoms with E-state index >= 15 is 0 Å². The fourth-order valence-electron chi connectivity index (χ4n) is 2.81. The molecule has 0 aromatic heterocycles. The van der Waals surface area contributed by atoms with Crippen LogP contribution in [0, 0.1) is 18.8 Å². The number of hydrogen-bond donors (Lipinski definition) is 1. The van der Waals surface area contributed by atoms with Crippen LogP contribution in [-0.2, 0) is 0 Å². The van der Waals surface area contributed by atoms with E-state index in [1.165, 1.54) is 24.8 Å². The molecule has 0 spiro atoms. The van der Waals surface area contributed by atoms with Gasteiger partial charge in [0.25, 0.3) is 0 Å². The van der Waals surface area contributed by atoms with Gasteiger partial charge in [-0.3, -0.25) is 0 Å². The zero-order valence-electron chi connectivity index (χ0n) is 10.8. The smallest absolute Gasteiger partial charge is 0.138 e. The largest absolute Gasteiger partial charge is 0.488 e. The third-order valence-corrected chi connectivity index (χ3v) is 4.30. The third kappa shape index (κ3) is 2.65. The molecule has 1 aliphatic heterocycles. The molecule has 1 aliphatic carbocycles. The number of rotatable bonds is 4. The Labute approximate surface area is 114 Å². The van der Waals surface area contributed by atoms with Gasteiger partial charge in [0.1, 0.15) is 11.9 Å². The van der Waals surface area contributed by atoms with E-state index < -0.39 is 0 Å². The number of halogens is 1. The molecule has 0 amide bonds. The van der Waals surface area contributed by atoms with E-state index in [0.29, 0.717) is 12.0 Å². The topological polar surface area (TPSA) is 21.3 Å². The van der Waals surface area contributed by atoms with Crippen LogP contribution in [0.5, 0.6) is 5.75 Å². The fraction of sp³-hybridized carbons (Fsp3) is 0.600. The van der Waals surface area contributed by atoms with Crippen LogP contribution in [0.25, 0.3) is 0 Å². The molecular formula is C15H20ClNO. The minimum atomic E-state index is 0.347. The van der Waals surface area contributed by atoms with Crippen LogP contribution >= 0.6 is 11.6 Å². The van der Waals surface area contributed by atoms with Crippen molar-refractivity contribution < 1.29 is 4.74 Å². The molecule has 0 bridgehead atoms. The van der Waals surface area contributed by atoms with E-state index in [1.54, 1.807) is 0 Å². The van der Waals surface area contributed by atoms with Crippen molar-refractivity contribution in [1.82, 2.24) is 5.32 Å². The van der Waals surface area contributed by atoms with Gasteiger partial charge in [0.05, 0.1) is 5.02 Å². The average Bonchev–Trinajstić information content (AvgIpc) is 3.03. The SMILES string of the molecule is Cc1ccc(OC(C2CC2)[C@H]2CCNC2)c(Cl)c1. The first-order valence-electron chi connectivity index (χ1n) is 6.87. The molecule has 1 N–H and O–H groups in total. The van der Waals surface area contributed by atoms with Crippen LogP contribution in [0.4, 0.5) is 0 Å². The number of hydrogen-bond acceptors (Lipinski definition) is 2. The fourth-order valence-corrected chi connectivity index (χ4v) is 3.09. The summed E-state index contributed by atoms with van der Waals surface area (Å²) in [5.74, 6) is 2.24. The van der Waals surface area contributed by atoms with Gasteiger partial charge >= 0.3 is 0 Å². The van der Waals surface area contributed by atoms with Gasteiger partial charge in [0.15, 0.2) is 0 Å². The summed E-state index contributed by atoms with van der Waals surface area (Å²) in [6, 6.07) is 6.06. The highest BCUT2D eigenvalue weighted by Gasteiger charge is 2.39. The quantitative estimate of drug-likeness (QED) is 0.901. The lowest BCUT2D eigenvalue weighted by Gasteiger charge is -2.25. The summed E-state index contributed by atoms with van der Waals surface area (Å²) in [4.78, 5) is 0. The van der Waals surface area contributed by atoms with Gasteiger partial charge in [0.2, 0.25) is 0 Å². The van der Waals surface area contributed by atoms with Crippen LogP contribution in [0.15, 0.2) is 18.2 Å². The van der Waals surface area contributed by atoms with Gasteiger partial charge in [-0.15, -0.1) is 0 Å². The zero-order valence-corrected chi connectivity index (χ0v) is 11.5. The summed E-state index contributed by atoms with van der Waals surface area (Å²) in [7, 11) is 0. The highest BCUT2D eigenvalue weighted by Crippen LogP contribution is 2.41. The Balaban J connectivity index is 1.75. The van der Waals surface area contributed by atoms with Gasteiger partial charge in [-0.25, -0.2) is 0 Å². The Morgan fingerprint density at radius 2 is 2.11 bits per heavy atom. The normalized spacial score (nSPS) is 25.1. The van der Waals surface area contributed by atoms with Crippen LogP contribution in [0.1, 0.15) is 24.8 Å². The lowest BCUT2D eigenvalue weighted by molar-refractivity contribution is 0.121. The van der Waals surface area contributed by atoms with E-state index in [1.807, 2.05) is 12.1 Å². The van der Waals surface area contributed by atoms with E-state index in [-0.39, 0.29) is 0 Å². The first-order valence-corrected chi connectivity index (χ1v) is 7.25. The van der Waals surface area contributed by atoms with Crippen LogP contribution < -0.4 is 10.1 Å². The summed E-state index contributed by atoms with van der Waals surface area (Å²) in [6.45, 7) is 4.26. The van der Waals surface area contributed by atoms with Crippen molar-refractivity contribution in [2.75, 3.05) is 13.1 Å². The van der Waals surface area contributed by atoms with Gasteiger partial charge < -0.3 is 10.1 Å². The molecular weight excluding hydrogens is 246 g/mol. The molecule has 1 saturated heterocycles. The molecule has 3 heteroatoms. The monoisotopic (exact) mass is 265 g/mol. The average molecular weight is 266 g/mol. The predicted molar refractivity (Wildman–Crippen MR) is 74.3 cm³/mol. The molecule has 3 rings (SSSR count). The molecule has 1 heterocycles. The lowest BCUT2D eigenvalue weighted by Crippen LogP contribution is -2.30. The van der Waals surface area contributed by atoms with Gasteiger partial charge in [-0.05, 0) is 56.3 Å². The van der Waals surface area contributed by atoms with E-state index in [0.717, 1.165) is 29.8 Å². The van der Waals surface area contributed by atoms with Crippen molar-refractivity contribution in [3.63, 3.8) is 0 Å². The maximum absolute atomic E-state index is 6.26. The Kier molecular flexibility index (Phi) is 3.49. The molecule has 2 atom stereocenters. The second kappa shape index (κ2) is 5.10. The minimum Gasteiger partial charge on any atom is -0.488 e. The molecule has 2 fully saturated rings. The molecule has 2 nitrogen and oxygen atoms in total. The summed E-state index contributed by atoms with van der Waals surface area (Å²) in [5.41, 5.74) is 1.18. The van der Waals surface area contributed by atoms with Crippen LogP contribution in [0.2, 0.25) is 5.02 Å². The molecule has 18 heavy (non-hydrogen) atoms. The maximum Gasteiger partial charge on any atom is 0.138 e. The van der Waals surface area contributed by atoms with E-state index in [9.17, 15) is 0 Å².